The molecule has 0 radical (unpaired) electrons. The molecule has 0 saturated heterocycles. The van der Waals surface area contributed by atoms with Crippen LogP contribution in [0.2, 0.25) is 0 Å². The maximum absolute atomic E-state index is 12.1. The van der Waals surface area contributed by atoms with E-state index in [2.05, 4.69) is 5.32 Å². The normalized spacial score (nSPS) is 11.5. The minimum absolute atomic E-state index is 0.00720. The SMILES string of the molecule is CCc1ccccc1N(CCNC(=O)C(CC)CC)S(C)(=O)=O. The number of nitrogens with zero attached hydrogens (tertiary/aromatic N) is 1. The summed E-state index contributed by atoms with van der Waals surface area (Å²) in [5.41, 5.74) is 1.67. The molecule has 1 aromatic rings. The Hall–Kier alpha value is -1.56. The lowest BCUT2D eigenvalue weighted by Gasteiger charge is -2.25. The van der Waals surface area contributed by atoms with Crippen molar-refractivity contribution in [1.82, 2.24) is 5.32 Å². The van der Waals surface area contributed by atoms with Gasteiger partial charge >= 0.3 is 0 Å². The number of sulfonamides is 1. The number of hydrogen-bond acceptors (Lipinski definition) is 3. The number of para-hydroxylation sites is 1. The maximum Gasteiger partial charge on any atom is 0.232 e. The first-order valence-corrected chi connectivity index (χ1v) is 10.0. The molecule has 1 aromatic carbocycles. The van der Waals surface area contributed by atoms with Crippen LogP contribution in [-0.2, 0) is 21.2 Å². The van der Waals surface area contributed by atoms with Gasteiger partial charge in [-0.3, -0.25) is 9.10 Å². The summed E-state index contributed by atoms with van der Waals surface area (Å²) in [6.45, 7) is 6.50. The van der Waals surface area contributed by atoms with Gasteiger partial charge in [0.1, 0.15) is 0 Å². The Balaban J connectivity index is 2.84. The third-order valence-electron chi connectivity index (χ3n) is 4.01. The lowest BCUT2D eigenvalue weighted by Crippen LogP contribution is -2.40. The highest BCUT2D eigenvalue weighted by molar-refractivity contribution is 7.92. The zero-order chi connectivity index (χ0) is 17.5. The molecule has 23 heavy (non-hydrogen) atoms. The van der Waals surface area contributed by atoms with Crippen LogP contribution < -0.4 is 9.62 Å². The molecule has 0 aliphatic carbocycles. The second kappa shape index (κ2) is 8.91. The standard InChI is InChI=1S/C17H28N2O3S/c1-5-14(6-2)17(20)18-12-13-19(23(4,21)22)16-11-9-8-10-15(16)7-3/h8-11,14H,5-7,12-13H2,1-4H3,(H,18,20). The van der Waals surface area contributed by atoms with Gasteiger partial charge in [0.25, 0.3) is 0 Å². The molecular formula is C17H28N2O3S. The van der Waals surface area contributed by atoms with E-state index < -0.39 is 10.0 Å². The maximum atomic E-state index is 12.1. The molecule has 0 aliphatic heterocycles. The fourth-order valence-corrected chi connectivity index (χ4v) is 3.56. The Morgan fingerprint density at radius 2 is 1.78 bits per heavy atom. The van der Waals surface area contributed by atoms with Crippen LogP contribution >= 0.6 is 0 Å². The molecule has 1 amide bonds. The summed E-state index contributed by atoms with van der Waals surface area (Å²) < 4.78 is 25.6. The summed E-state index contributed by atoms with van der Waals surface area (Å²) >= 11 is 0. The molecule has 0 aromatic heterocycles. The van der Waals surface area contributed by atoms with Crippen LogP contribution in [0.25, 0.3) is 0 Å². The summed E-state index contributed by atoms with van der Waals surface area (Å²) in [6.07, 6.45) is 3.53. The van der Waals surface area contributed by atoms with Gasteiger partial charge in [0.15, 0.2) is 0 Å². The molecule has 0 unspecified atom stereocenters. The Bertz CT molecular complexity index is 610. The van der Waals surface area contributed by atoms with Crippen LogP contribution in [0.15, 0.2) is 24.3 Å². The predicted octanol–water partition coefficient (Wildman–Crippen LogP) is 2.57. The van der Waals surface area contributed by atoms with E-state index in [4.69, 9.17) is 0 Å². The van der Waals surface area contributed by atoms with E-state index in [-0.39, 0.29) is 18.4 Å². The Labute approximate surface area is 140 Å². The number of rotatable bonds is 9. The molecule has 0 saturated carbocycles. The fourth-order valence-electron chi connectivity index (χ4n) is 2.60. The molecule has 1 N–H and O–H groups in total. The molecule has 130 valence electrons. The van der Waals surface area contributed by atoms with Gasteiger partial charge in [0.05, 0.1) is 18.5 Å². The molecule has 0 fully saturated rings. The first-order valence-electron chi connectivity index (χ1n) is 8.18. The fraction of sp³-hybridized carbons (Fsp3) is 0.588. The smallest absolute Gasteiger partial charge is 0.232 e. The quantitative estimate of drug-likeness (QED) is 0.751. The number of nitrogens with one attached hydrogen (secondary N) is 1. The van der Waals surface area contributed by atoms with Crippen molar-refractivity contribution in [3.8, 4) is 0 Å². The zero-order valence-electron chi connectivity index (χ0n) is 14.5. The van der Waals surface area contributed by atoms with Crippen LogP contribution in [0.5, 0.6) is 0 Å². The van der Waals surface area contributed by atoms with E-state index >= 15 is 0 Å². The monoisotopic (exact) mass is 340 g/mol. The Morgan fingerprint density at radius 1 is 1.17 bits per heavy atom. The van der Waals surface area contributed by atoms with Gasteiger partial charge in [0.2, 0.25) is 15.9 Å². The molecule has 5 nitrogen and oxygen atoms in total. The molecular weight excluding hydrogens is 312 g/mol. The molecule has 6 heteroatoms. The number of amides is 1. The van der Waals surface area contributed by atoms with Crippen molar-refractivity contribution in [2.45, 2.75) is 40.0 Å². The van der Waals surface area contributed by atoms with Crippen molar-refractivity contribution in [1.29, 1.82) is 0 Å². The lowest BCUT2D eigenvalue weighted by atomic mass is 10.0. The predicted molar refractivity (Wildman–Crippen MR) is 95.1 cm³/mol. The number of benzene rings is 1. The zero-order valence-corrected chi connectivity index (χ0v) is 15.3. The van der Waals surface area contributed by atoms with Crippen molar-refractivity contribution < 1.29 is 13.2 Å². The second-order valence-corrected chi connectivity index (χ2v) is 7.53. The molecule has 1 rings (SSSR count). The van der Waals surface area contributed by atoms with Crippen molar-refractivity contribution in [3.63, 3.8) is 0 Å². The van der Waals surface area contributed by atoms with Gasteiger partial charge < -0.3 is 5.32 Å². The van der Waals surface area contributed by atoms with E-state index in [1.165, 1.54) is 10.6 Å². The van der Waals surface area contributed by atoms with Crippen molar-refractivity contribution in [3.05, 3.63) is 29.8 Å². The first-order chi connectivity index (χ1) is 10.8. The minimum Gasteiger partial charge on any atom is -0.354 e. The highest BCUT2D eigenvalue weighted by Gasteiger charge is 2.20. The molecule has 0 atom stereocenters. The van der Waals surface area contributed by atoms with E-state index in [0.717, 1.165) is 24.8 Å². The summed E-state index contributed by atoms with van der Waals surface area (Å²) in [6, 6.07) is 7.46. The largest absolute Gasteiger partial charge is 0.354 e. The summed E-state index contributed by atoms with van der Waals surface area (Å²) in [5.74, 6) is -0.0168. The number of carbonyl (C=O) groups excluding carboxylic acids is 1. The average Bonchev–Trinajstić information content (AvgIpc) is 2.51. The Kier molecular flexibility index (Phi) is 7.55. The van der Waals surface area contributed by atoms with Crippen LogP contribution in [-0.4, -0.2) is 33.7 Å². The number of carbonyl (C=O) groups is 1. The highest BCUT2D eigenvalue weighted by atomic mass is 32.2. The van der Waals surface area contributed by atoms with E-state index in [9.17, 15) is 13.2 Å². The lowest BCUT2D eigenvalue weighted by molar-refractivity contribution is -0.125. The summed E-state index contributed by atoms with van der Waals surface area (Å²) in [4.78, 5) is 12.0. The minimum atomic E-state index is -3.40. The molecule has 0 bridgehead atoms. The van der Waals surface area contributed by atoms with E-state index in [1.807, 2.05) is 45.0 Å². The van der Waals surface area contributed by atoms with Crippen molar-refractivity contribution in [2.24, 2.45) is 5.92 Å². The third-order valence-corrected chi connectivity index (χ3v) is 5.19. The second-order valence-electron chi connectivity index (χ2n) is 5.62. The third kappa shape index (κ3) is 5.53. The van der Waals surface area contributed by atoms with Gasteiger partial charge in [-0.1, -0.05) is 39.0 Å². The average molecular weight is 340 g/mol. The van der Waals surface area contributed by atoms with Crippen LogP contribution in [0.1, 0.15) is 39.2 Å². The van der Waals surface area contributed by atoms with Crippen molar-refractivity contribution >= 4 is 21.6 Å². The van der Waals surface area contributed by atoms with Gasteiger partial charge in [0, 0.05) is 12.5 Å². The highest BCUT2D eigenvalue weighted by Crippen LogP contribution is 2.23. The van der Waals surface area contributed by atoms with Crippen LogP contribution in [0.4, 0.5) is 5.69 Å². The van der Waals surface area contributed by atoms with Crippen LogP contribution in [0.3, 0.4) is 0 Å². The van der Waals surface area contributed by atoms with Crippen molar-refractivity contribution in [2.75, 3.05) is 23.7 Å². The topological polar surface area (TPSA) is 66.5 Å². The first kappa shape index (κ1) is 19.5. The molecule has 0 aliphatic rings. The number of anilines is 1. The van der Waals surface area contributed by atoms with Gasteiger partial charge in [-0.2, -0.15) is 0 Å². The van der Waals surface area contributed by atoms with Gasteiger partial charge in [-0.25, -0.2) is 8.42 Å². The number of aryl methyl sites for hydroxylation is 1. The summed E-state index contributed by atoms with van der Waals surface area (Å²) in [5, 5.41) is 2.85. The van der Waals surface area contributed by atoms with E-state index in [0.29, 0.717) is 12.2 Å². The van der Waals surface area contributed by atoms with E-state index in [1.54, 1.807) is 0 Å². The molecule has 0 heterocycles. The van der Waals surface area contributed by atoms with Crippen LogP contribution in [0, 0.1) is 5.92 Å². The number of hydrogen-bond donors (Lipinski definition) is 1. The molecule has 0 spiro atoms. The summed E-state index contributed by atoms with van der Waals surface area (Å²) in [7, 11) is -3.40. The Morgan fingerprint density at radius 3 is 2.30 bits per heavy atom. The van der Waals surface area contributed by atoms with Gasteiger partial charge in [-0.15, -0.1) is 0 Å². The van der Waals surface area contributed by atoms with Gasteiger partial charge in [-0.05, 0) is 30.9 Å².